The summed E-state index contributed by atoms with van der Waals surface area (Å²) in [5.74, 6) is 2.96. The number of hydrogen-bond donors (Lipinski definition) is 1. The molecule has 0 aromatic carbocycles. The van der Waals surface area contributed by atoms with E-state index in [2.05, 4.69) is 24.9 Å². The predicted octanol–water partition coefficient (Wildman–Crippen LogP) is 4.15. The molecule has 2 fully saturated rings. The first-order valence-corrected chi connectivity index (χ1v) is 7.71. The highest BCUT2D eigenvalue weighted by molar-refractivity contribution is 4.95. The molecule has 17 heavy (non-hydrogen) atoms. The van der Waals surface area contributed by atoms with Gasteiger partial charge in [0.05, 0.1) is 0 Å². The molecular formula is C16H29N. The zero-order chi connectivity index (χ0) is 12.1. The first-order chi connectivity index (χ1) is 8.35. The smallest absolute Gasteiger partial charge is 0.0275 e. The SMILES string of the molecule is C=CC(NCCC)C1CCC2CCCCC2C1. The largest absolute Gasteiger partial charge is 0.310 e. The van der Waals surface area contributed by atoms with Gasteiger partial charge in [-0.1, -0.05) is 38.7 Å². The van der Waals surface area contributed by atoms with Gasteiger partial charge in [0.2, 0.25) is 0 Å². The van der Waals surface area contributed by atoms with Crippen molar-refractivity contribution in [1.29, 1.82) is 0 Å². The lowest BCUT2D eigenvalue weighted by Crippen LogP contribution is -2.40. The topological polar surface area (TPSA) is 12.0 Å². The lowest BCUT2D eigenvalue weighted by molar-refractivity contribution is 0.118. The first-order valence-electron chi connectivity index (χ1n) is 7.71. The van der Waals surface area contributed by atoms with Gasteiger partial charge >= 0.3 is 0 Å². The van der Waals surface area contributed by atoms with Gasteiger partial charge in [0.15, 0.2) is 0 Å². The number of fused-ring (bicyclic) bond motifs is 1. The monoisotopic (exact) mass is 235 g/mol. The molecule has 2 rings (SSSR count). The molecule has 2 aliphatic carbocycles. The van der Waals surface area contributed by atoms with E-state index in [1.54, 1.807) is 0 Å². The van der Waals surface area contributed by atoms with Crippen LogP contribution in [0.15, 0.2) is 12.7 Å². The van der Waals surface area contributed by atoms with Gasteiger partial charge in [0, 0.05) is 6.04 Å². The van der Waals surface area contributed by atoms with E-state index in [0.29, 0.717) is 6.04 Å². The summed E-state index contributed by atoms with van der Waals surface area (Å²) in [6, 6.07) is 0.567. The van der Waals surface area contributed by atoms with Crippen LogP contribution in [0.2, 0.25) is 0 Å². The Morgan fingerprint density at radius 2 is 1.94 bits per heavy atom. The van der Waals surface area contributed by atoms with E-state index in [-0.39, 0.29) is 0 Å². The molecule has 98 valence electrons. The summed E-state index contributed by atoms with van der Waals surface area (Å²) < 4.78 is 0. The minimum atomic E-state index is 0.567. The van der Waals surface area contributed by atoms with E-state index >= 15 is 0 Å². The molecule has 0 bridgehead atoms. The van der Waals surface area contributed by atoms with E-state index in [1.165, 1.54) is 51.4 Å². The molecule has 0 heterocycles. The summed E-state index contributed by atoms with van der Waals surface area (Å²) in [5.41, 5.74) is 0. The van der Waals surface area contributed by atoms with Crippen molar-refractivity contribution in [3.63, 3.8) is 0 Å². The third-order valence-electron chi connectivity index (χ3n) is 4.97. The van der Waals surface area contributed by atoms with Crippen molar-refractivity contribution in [3.05, 3.63) is 12.7 Å². The van der Waals surface area contributed by atoms with Gasteiger partial charge in [0.25, 0.3) is 0 Å². The highest BCUT2D eigenvalue weighted by Gasteiger charge is 2.34. The van der Waals surface area contributed by atoms with E-state index in [4.69, 9.17) is 0 Å². The van der Waals surface area contributed by atoms with E-state index in [0.717, 1.165) is 24.3 Å². The molecule has 2 saturated carbocycles. The van der Waals surface area contributed by atoms with Crippen molar-refractivity contribution >= 4 is 0 Å². The van der Waals surface area contributed by atoms with E-state index in [1.807, 2.05) is 0 Å². The van der Waals surface area contributed by atoms with Gasteiger partial charge < -0.3 is 5.32 Å². The Balaban J connectivity index is 1.86. The molecular weight excluding hydrogens is 206 g/mol. The second-order valence-electron chi connectivity index (χ2n) is 6.09. The Bertz CT molecular complexity index is 236. The van der Waals surface area contributed by atoms with E-state index in [9.17, 15) is 0 Å². The summed E-state index contributed by atoms with van der Waals surface area (Å²) in [6.07, 6.45) is 13.7. The van der Waals surface area contributed by atoms with Crippen LogP contribution in [-0.4, -0.2) is 12.6 Å². The lowest BCUT2D eigenvalue weighted by Gasteiger charge is -2.41. The fourth-order valence-corrected chi connectivity index (χ4v) is 3.99. The summed E-state index contributed by atoms with van der Waals surface area (Å²) in [6.45, 7) is 7.41. The van der Waals surface area contributed by atoms with Crippen LogP contribution in [0.4, 0.5) is 0 Å². The Morgan fingerprint density at radius 3 is 2.65 bits per heavy atom. The Kier molecular flexibility index (Phi) is 5.09. The van der Waals surface area contributed by atoms with Crippen LogP contribution in [0, 0.1) is 17.8 Å². The van der Waals surface area contributed by atoms with Crippen LogP contribution in [0.25, 0.3) is 0 Å². The van der Waals surface area contributed by atoms with Crippen molar-refractivity contribution < 1.29 is 0 Å². The maximum Gasteiger partial charge on any atom is 0.0275 e. The highest BCUT2D eigenvalue weighted by Crippen LogP contribution is 2.43. The number of nitrogens with one attached hydrogen (secondary N) is 1. The van der Waals surface area contributed by atoms with Crippen LogP contribution in [0.1, 0.15) is 58.3 Å². The molecule has 4 atom stereocenters. The molecule has 0 spiro atoms. The van der Waals surface area contributed by atoms with E-state index < -0.39 is 0 Å². The number of rotatable bonds is 5. The van der Waals surface area contributed by atoms with Crippen molar-refractivity contribution in [1.82, 2.24) is 5.32 Å². The fourth-order valence-electron chi connectivity index (χ4n) is 3.99. The molecule has 0 aromatic heterocycles. The Morgan fingerprint density at radius 1 is 1.18 bits per heavy atom. The Labute approximate surface area is 107 Å². The highest BCUT2D eigenvalue weighted by atomic mass is 14.9. The fraction of sp³-hybridized carbons (Fsp3) is 0.875. The summed E-state index contributed by atoms with van der Waals surface area (Å²) in [4.78, 5) is 0. The maximum atomic E-state index is 4.03. The molecule has 0 saturated heterocycles. The molecule has 0 amide bonds. The van der Waals surface area contributed by atoms with Crippen LogP contribution in [-0.2, 0) is 0 Å². The molecule has 2 aliphatic rings. The summed E-state index contributed by atoms with van der Waals surface area (Å²) in [7, 11) is 0. The normalized spacial score (nSPS) is 35.0. The van der Waals surface area contributed by atoms with Gasteiger partial charge in [-0.2, -0.15) is 0 Å². The molecule has 0 aliphatic heterocycles. The average molecular weight is 235 g/mol. The van der Waals surface area contributed by atoms with Crippen LogP contribution < -0.4 is 5.32 Å². The Hall–Kier alpha value is -0.300. The van der Waals surface area contributed by atoms with Gasteiger partial charge in [0.1, 0.15) is 0 Å². The molecule has 1 N–H and O–H groups in total. The minimum absolute atomic E-state index is 0.567. The van der Waals surface area contributed by atoms with Crippen molar-refractivity contribution in [2.24, 2.45) is 17.8 Å². The quantitative estimate of drug-likeness (QED) is 0.706. The first kappa shape index (κ1) is 13.1. The van der Waals surface area contributed by atoms with Gasteiger partial charge in [-0.3, -0.25) is 0 Å². The predicted molar refractivity (Wildman–Crippen MR) is 75.1 cm³/mol. The zero-order valence-corrected chi connectivity index (χ0v) is 11.5. The molecule has 1 nitrogen and oxygen atoms in total. The summed E-state index contributed by atoms with van der Waals surface area (Å²) in [5, 5.41) is 3.67. The van der Waals surface area contributed by atoms with Crippen molar-refractivity contribution in [2.75, 3.05) is 6.54 Å². The molecule has 0 radical (unpaired) electrons. The van der Waals surface area contributed by atoms with Gasteiger partial charge in [-0.25, -0.2) is 0 Å². The second-order valence-corrected chi connectivity index (χ2v) is 6.09. The maximum absolute atomic E-state index is 4.03. The van der Waals surface area contributed by atoms with Crippen LogP contribution in [0.5, 0.6) is 0 Å². The third-order valence-corrected chi connectivity index (χ3v) is 4.97. The average Bonchev–Trinajstić information content (AvgIpc) is 2.39. The van der Waals surface area contributed by atoms with Crippen molar-refractivity contribution in [2.45, 2.75) is 64.3 Å². The van der Waals surface area contributed by atoms with Crippen LogP contribution in [0.3, 0.4) is 0 Å². The summed E-state index contributed by atoms with van der Waals surface area (Å²) >= 11 is 0. The zero-order valence-electron chi connectivity index (χ0n) is 11.5. The van der Waals surface area contributed by atoms with Crippen molar-refractivity contribution in [3.8, 4) is 0 Å². The molecule has 0 aromatic rings. The van der Waals surface area contributed by atoms with Gasteiger partial charge in [-0.05, 0) is 50.0 Å². The minimum Gasteiger partial charge on any atom is -0.310 e. The van der Waals surface area contributed by atoms with Crippen LogP contribution >= 0.6 is 0 Å². The second kappa shape index (κ2) is 6.58. The third kappa shape index (κ3) is 3.34. The standard InChI is InChI=1S/C16H29N/c1-3-11-17-16(4-2)15-10-9-13-7-5-6-8-14(13)12-15/h4,13-17H,2-3,5-12H2,1H3. The number of hydrogen-bond acceptors (Lipinski definition) is 1. The molecule has 4 unspecified atom stereocenters. The molecule has 1 heteroatoms. The van der Waals surface area contributed by atoms with Gasteiger partial charge in [-0.15, -0.1) is 6.58 Å². The lowest BCUT2D eigenvalue weighted by atomic mass is 9.66.